The van der Waals surface area contributed by atoms with Crippen molar-refractivity contribution in [1.29, 1.82) is 0 Å². The van der Waals surface area contributed by atoms with E-state index in [2.05, 4.69) is 19.2 Å². The summed E-state index contributed by atoms with van der Waals surface area (Å²) < 4.78 is 5.56. The Labute approximate surface area is 132 Å². The zero-order valence-electron chi connectivity index (χ0n) is 12.9. The highest BCUT2D eigenvalue weighted by Gasteiger charge is 2.26. The van der Waals surface area contributed by atoms with E-state index < -0.39 is 6.10 Å². The molecule has 118 valence electrons. The molecule has 4 atom stereocenters. The van der Waals surface area contributed by atoms with E-state index in [0.29, 0.717) is 30.1 Å². The first-order valence-electron chi connectivity index (χ1n) is 7.86. The lowest BCUT2D eigenvalue weighted by atomic mass is 9.78. The molecule has 2 rings (SSSR count). The number of aliphatic hydroxyl groups is 1. The first-order valence-corrected chi connectivity index (χ1v) is 8.24. The molecule has 0 saturated heterocycles. The van der Waals surface area contributed by atoms with Crippen LogP contribution in [-0.4, -0.2) is 30.4 Å². The maximum absolute atomic E-state index is 10.0. The zero-order valence-corrected chi connectivity index (χ0v) is 13.6. The highest BCUT2D eigenvalue weighted by Crippen LogP contribution is 2.29. The fraction of sp³-hybridized carbons (Fsp3) is 0.647. The Morgan fingerprint density at radius 2 is 2.00 bits per heavy atom. The van der Waals surface area contributed by atoms with Gasteiger partial charge >= 0.3 is 0 Å². The van der Waals surface area contributed by atoms with Gasteiger partial charge in [-0.15, -0.1) is 0 Å². The van der Waals surface area contributed by atoms with Gasteiger partial charge in [0.1, 0.15) is 18.5 Å². The monoisotopic (exact) mass is 311 g/mol. The molecule has 0 spiro atoms. The van der Waals surface area contributed by atoms with Crippen LogP contribution in [0, 0.1) is 11.8 Å². The van der Waals surface area contributed by atoms with Crippen LogP contribution in [0.5, 0.6) is 5.75 Å². The largest absolute Gasteiger partial charge is 0.491 e. The molecule has 3 nitrogen and oxygen atoms in total. The highest BCUT2D eigenvalue weighted by molar-refractivity contribution is 6.30. The van der Waals surface area contributed by atoms with Crippen molar-refractivity contribution in [2.24, 2.45) is 11.8 Å². The predicted octanol–water partition coefficient (Wildman–Crippen LogP) is 3.49. The van der Waals surface area contributed by atoms with E-state index in [1.807, 2.05) is 12.1 Å². The summed E-state index contributed by atoms with van der Waals surface area (Å²) in [7, 11) is 0. The topological polar surface area (TPSA) is 41.5 Å². The van der Waals surface area contributed by atoms with Crippen molar-refractivity contribution in [3.05, 3.63) is 29.3 Å². The van der Waals surface area contributed by atoms with Gasteiger partial charge < -0.3 is 15.2 Å². The Balaban J connectivity index is 1.69. The first-order chi connectivity index (χ1) is 10.1. The van der Waals surface area contributed by atoms with E-state index in [9.17, 15) is 5.11 Å². The van der Waals surface area contributed by atoms with Crippen LogP contribution in [0.1, 0.15) is 33.1 Å². The number of rotatable bonds is 6. The number of benzene rings is 1. The fourth-order valence-corrected chi connectivity index (χ4v) is 3.07. The molecule has 1 aromatic carbocycles. The average Bonchev–Trinajstić information content (AvgIpc) is 2.48. The van der Waals surface area contributed by atoms with Gasteiger partial charge in [-0.25, -0.2) is 0 Å². The number of hydrogen-bond acceptors (Lipinski definition) is 3. The number of aliphatic hydroxyl groups excluding tert-OH is 1. The Bertz CT molecular complexity index is 423. The van der Waals surface area contributed by atoms with Crippen molar-refractivity contribution < 1.29 is 9.84 Å². The van der Waals surface area contributed by atoms with Crippen LogP contribution in [0.15, 0.2) is 24.3 Å². The molecule has 1 fully saturated rings. The molecule has 4 heteroatoms. The summed E-state index contributed by atoms with van der Waals surface area (Å²) >= 11 is 5.82. The SMILES string of the molecule is CC1CCCC(NCC(O)COc2ccc(Cl)cc2)C1C. The third-order valence-corrected chi connectivity index (χ3v) is 4.83. The van der Waals surface area contributed by atoms with Gasteiger partial charge in [0.25, 0.3) is 0 Å². The van der Waals surface area contributed by atoms with Crippen molar-refractivity contribution in [1.82, 2.24) is 5.32 Å². The molecule has 0 aliphatic heterocycles. The molecule has 1 aromatic rings. The van der Waals surface area contributed by atoms with E-state index in [4.69, 9.17) is 16.3 Å². The predicted molar refractivity (Wildman–Crippen MR) is 86.9 cm³/mol. The van der Waals surface area contributed by atoms with Gasteiger partial charge in [-0.2, -0.15) is 0 Å². The molecule has 0 amide bonds. The lowest BCUT2D eigenvalue weighted by Gasteiger charge is -2.35. The Hall–Kier alpha value is -0.770. The summed E-state index contributed by atoms with van der Waals surface area (Å²) in [5, 5.41) is 14.2. The first kappa shape index (κ1) is 16.6. The molecule has 0 radical (unpaired) electrons. The smallest absolute Gasteiger partial charge is 0.119 e. The zero-order chi connectivity index (χ0) is 15.2. The Morgan fingerprint density at radius 3 is 2.71 bits per heavy atom. The van der Waals surface area contributed by atoms with E-state index in [0.717, 1.165) is 11.7 Å². The van der Waals surface area contributed by atoms with Crippen molar-refractivity contribution in [3.63, 3.8) is 0 Å². The standard InChI is InChI=1S/C17H26ClNO2/c1-12-4-3-5-17(13(12)2)19-10-15(20)11-21-16-8-6-14(18)7-9-16/h6-9,12-13,15,17,19-20H,3-5,10-11H2,1-2H3. The maximum Gasteiger partial charge on any atom is 0.119 e. The van der Waals surface area contributed by atoms with Crippen LogP contribution in [0.2, 0.25) is 5.02 Å². The molecule has 0 bridgehead atoms. The molecule has 1 aliphatic rings. The van der Waals surface area contributed by atoms with E-state index in [1.54, 1.807) is 12.1 Å². The lowest BCUT2D eigenvalue weighted by Crippen LogP contribution is -2.44. The van der Waals surface area contributed by atoms with Gasteiger partial charge in [0.2, 0.25) is 0 Å². The summed E-state index contributed by atoms with van der Waals surface area (Å²) in [6.45, 7) is 5.50. The second-order valence-corrected chi connectivity index (χ2v) is 6.64. The summed E-state index contributed by atoms with van der Waals surface area (Å²) in [6.07, 6.45) is 3.31. The number of halogens is 1. The molecule has 1 saturated carbocycles. The van der Waals surface area contributed by atoms with Gasteiger partial charge in [0, 0.05) is 17.6 Å². The van der Waals surface area contributed by atoms with E-state index in [-0.39, 0.29) is 0 Å². The summed E-state index contributed by atoms with van der Waals surface area (Å²) in [5.74, 6) is 2.17. The molecular weight excluding hydrogens is 286 g/mol. The summed E-state index contributed by atoms with van der Waals surface area (Å²) in [6, 6.07) is 7.71. The second kappa shape index (κ2) is 8.02. The van der Waals surface area contributed by atoms with Gasteiger partial charge in [0.05, 0.1) is 0 Å². The van der Waals surface area contributed by atoms with Crippen LogP contribution in [0.25, 0.3) is 0 Å². The average molecular weight is 312 g/mol. The van der Waals surface area contributed by atoms with E-state index in [1.165, 1.54) is 19.3 Å². The van der Waals surface area contributed by atoms with Gasteiger partial charge in [-0.05, 0) is 42.5 Å². The second-order valence-electron chi connectivity index (χ2n) is 6.20. The van der Waals surface area contributed by atoms with Crippen LogP contribution < -0.4 is 10.1 Å². The van der Waals surface area contributed by atoms with Crippen molar-refractivity contribution in [2.45, 2.75) is 45.3 Å². The maximum atomic E-state index is 10.0. The van der Waals surface area contributed by atoms with Crippen LogP contribution in [-0.2, 0) is 0 Å². The minimum absolute atomic E-state index is 0.297. The van der Waals surface area contributed by atoms with Crippen LogP contribution in [0.4, 0.5) is 0 Å². The minimum atomic E-state index is -0.495. The van der Waals surface area contributed by atoms with Crippen molar-refractivity contribution in [3.8, 4) is 5.75 Å². The van der Waals surface area contributed by atoms with E-state index >= 15 is 0 Å². The quantitative estimate of drug-likeness (QED) is 0.845. The molecular formula is C17H26ClNO2. The highest BCUT2D eigenvalue weighted by atomic mass is 35.5. The van der Waals surface area contributed by atoms with Gasteiger partial charge in [-0.1, -0.05) is 38.3 Å². The molecule has 1 aliphatic carbocycles. The van der Waals surface area contributed by atoms with Crippen LogP contribution >= 0.6 is 11.6 Å². The fourth-order valence-electron chi connectivity index (χ4n) is 2.94. The number of hydrogen-bond donors (Lipinski definition) is 2. The van der Waals surface area contributed by atoms with Crippen molar-refractivity contribution in [2.75, 3.05) is 13.2 Å². The van der Waals surface area contributed by atoms with Crippen LogP contribution in [0.3, 0.4) is 0 Å². The summed E-state index contributed by atoms with van der Waals surface area (Å²) in [5.41, 5.74) is 0. The summed E-state index contributed by atoms with van der Waals surface area (Å²) in [4.78, 5) is 0. The lowest BCUT2D eigenvalue weighted by molar-refractivity contribution is 0.0946. The van der Waals surface area contributed by atoms with Crippen molar-refractivity contribution >= 4 is 11.6 Å². The molecule has 0 aromatic heterocycles. The molecule has 4 unspecified atom stereocenters. The molecule has 0 heterocycles. The molecule has 2 N–H and O–H groups in total. The normalized spacial score (nSPS) is 27.3. The van der Waals surface area contributed by atoms with Gasteiger partial charge in [0.15, 0.2) is 0 Å². The molecule has 21 heavy (non-hydrogen) atoms. The van der Waals surface area contributed by atoms with Gasteiger partial charge in [-0.3, -0.25) is 0 Å². The third kappa shape index (κ3) is 5.17. The minimum Gasteiger partial charge on any atom is -0.491 e. The number of ether oxygens (including phenoxy) is 1. The third-order valence-electron chi connectivity index (χ3n) is 4.58. The number of nitrogens with one attached hydrogen (secondary N) is 1. The Morgan fingerprint density at radius 1 is 1.29 bits per heavy atom. The Kier molecular flexibility index (Phi) is 6.34.